The van der Waals surface area contributed by atoms with E-state index in [1.807, 2.05) is 32.6 Å². The molecule has 5 rings (SSSR count). The van der Waals surface area contributed by atoms with Crippen molar-refractivity contribution in [2.45, 2.75) is 39.8 Å². The Balaban J connectivity index is 1.91. The van der Waals surface area contributed by atoms with Crippen LogP contribution in [0.3, 0.4) is 0 Å². The number of rotatable bonds is 5. The number of aromatic hydroxyl groups is 1. The Morgan fingerprint density at radius 3 is 2.54 bits per heavy atom. The number of carbonyl (C=O) groups excluding carboxylic acids is 1. The number of amides is 1. The van der Waals surface area contributed by atoms with Crippen LogP contribution in [0.5, 0.6) is 5.75 Å². The van der Waals surface area contributed by atoms with E-state index < -0.39 is 22.1 Å². The van der Waals surface area contributed by atoms with Gasteiger partial charge >= 0.3 is 0 Å². The maximum atomic E-state index is 15.0. The molecular formula is C32H29Cl4FN6O3. The van der Waals surface area contributed by atoms with Crippen LogP contribution in [0.2, 0.25) is 20.1 Å². The molecular weight excluding hydrogens is 677 g/mol. The first-order chi connectivity index (χ1) is 21.7. The highest BCUT2D eigenvalue weighted by Gasteiger charge is 2.34. The predicted molar refractivity (Wildman–Crippen MR) is 181 cm³/mol. The van der Waals surface area contributed by atoms with Crippen molar-refractivity contribution in [2.75, 3.05) is 24.5 Å². The Morgan fingerprint density at radius 2 is 1.93 bits per heavy atom. The van der Waals surface area contributed by atoms with Gasteiger partial charge in [0.25, 0.3) is 5.56 Å². The summed E-state index contributed by atoms with van der Waals surface area (Å²) < 4.78 is 16.3. The quantitative estimate of drug-likeness (QED) is 0.167. The molecule has 2 atom stereocenters. The maximum absolute atomic E-state index is 15.0. The van der Waals surface area contributed by atoms with Crippen molar-refractivity contribution in [1.29, 1.82) is 5.26 Å². The maximum Gasteiger partial charge on any atom is 0.276 e. The first-order valence-electron chi connectivity index (χ1n) is 14.3. The van der Waals surface area contributed by atoms with E-state index in [1.165, 1.54) is 16.7 Å². The lowest BCUT2D eigenvalue weighted by molar-refractivity contribution is -0.128. The third-order valence-corrected chi connectivity index (χ3v) is 9.88. The third kappa shape index (κ3) is 5.39. The van der Waals surface area contributed by atoms with Gasteiger partial charge in [0.1, 0.15) is 22.3 Å². The van der Waals surface area contributed by atoms with Gasteiger partial charge in [-0.2, -0.15) is 5.26 Å². The van der Waals surface area contributed by atoms with Crippen LogP contribution in [-0.4, -0.2) is 57.2 Å². The summed E-state index contributed by atoms with van der Waals surface area (Å²) in [6, 6.07) is 2.96. The molecule has 0 aliphatic carbocycles. The van der Waals surface area contributed by atoms with Crippen LogP contribution >= 0.6 is 46.4 Å². The average molecular weight is 706 g/mol. The van der Waals surface area contributed by atoms with Crippen LogP contribution in [0.25, 0.3) is 28.0 Å². The lowest BCUT2D eigenvalue weighted by Crippen LogP contribution is -2.54. The van der Waals surface area contributed by atoms with Crippen molar-refractivity contribution in [2.24, 2.45) is 5.92 Å². The normalized spacial score (nSPS) is 18.3. The molecule has 9 nitrogen and oxygen atoms in total. The molecule has 1 aromatic carbocycles. The number of benzene rings is 1. The van der Waals surface area contributed by atoms with Crippen LogP contribution in [0.1, 0.15) is 33.3 Å². The monoisotopic (exact) mass is 704 g/mol. The molecule has 1 fully saturated rings. The van der Waals surface area contributed by atoms with Crippen LogP contribution in [0.15, 0.2) is 41.4 Å². The summed E-state index contributed by atoms with van der Waals surface area (Å²) in [4.78, 5) is 35.2. The van der Waals surface area contributed by atoms with Crippen LogP contribution in [-0.2, 0) is 4.79 Å². The summed E-state index contributed by atoms with van der Waals surface area (Å²) in [5.41, 5.74) is 0.378. The van der Waals surface area contributed by atoms with E-state index in [1.54, 1.807) is 17.2 Å². The van der Waals surface area contributed by atoms with Gasteiger partial charge in [-0.05, 0) is 49.8 Å². The zero-order valence-electron chi connectivity index (χ0n) is 25.3. The number of allylic oxidation sites excluding steroid dienone is 2. The molecule has 1 unspecified atom stereocenters. The minimum atomic E-state index is -1.22. The molecule has 46 heavy (non-hydrogen) atoms. The molecule has 0 saturated carbocycles. The molecule has 3 aromatic rings. The van der Waals surface area contributed by atoms with Gasteiger partial charge in [-0.25, -0.2) is 9.37 Å². The molecule has 240 valence electrons. The van der Waals surface area contributed by atoms with Gasteiger partial charge in [-0.1, -0.05) is 66.8 Å². The topological polar surface area (TPSA) is 114 Å². The minimum Gasteiger partial charge on any atom is -0.504 e. The highest BCUT2D eigenvalue weighted by atomic mass is 35.5. The Hall–Kier alpha value is -3.75. The molecule has 2 aliphatic rings. The second kappa shape index (κ2) is 12.8. The molecule has 0 spiro atoms. The number of dihydropyridines is 1. The van der Waals surface area contributed by atoms with E-state index >= 15 is 0 Å². The van der Waals surface area contributed by atoms with Gasteiger partial charge in [0.2, 0.25) is 5.91 Å². The largest absolute Gasteiger partial charge is 0.504 e. The van der Waals surface area contributed by atoms with E-state index in [0.717, 1.165) is 5.57 Å². The highest BCUT2D eigenvalue weighted by Crippen LogP contribution is 2.48. The second-order valence-corrected chi connectivity index (χ2v) is 13.0. The molecule has 0 radical (unpaired) electrons. The summed E-state index contributed by atoms with van der Waals surface area (Å²) >= 11 is 25.5. The van der Waals surface area contributed by atoms with E-state index in [2.05, 4.69) is 18.0 Å². The Bertz CT molecular complexity index is 1950. The van der Waals surface area contributed by atoms with Crippen LogP contribution in [0.4, 0.5) is 10.1 Å². The summed E-state index contributed by atoms with van der Waals surface area (Å²) in [5, 5.41) is 23.6. The molecule has 1 amide bonds. The average Bonchev–Trinajstić information content (AvgIpc) is 3.02. The molecule has 2 N–H and O–H groups in total. The van der Waals surface area contributed by atoms with E-state index in [-0.39, 0.29) is 73.7 Å². The molecule has 2 aromatic heterocycles. The summed E-state index contributed by atoms with van der Waals surface area (Å²) in [5.74, 6) is -2.38. The number of fused-ring (bicyclic) bond motifs is 1. The van der Waals surface area contributed by atoms with Gasteiger partial charge in [-0.3, -0.25) is 14.2 Å². The molecule has 0 bridgehead atoms. The number of hydrogen-bond acceptors (Lipinski definition) is 7. The van der Waals surface area contributed by atoms with Gasteiger partial charge in [0, 0.05) is 31.1 Å². The predicted octanol–water partition coefficient (Wildman–Crippen LogP) is 6.99. The molecule has 14 heteroatoms. The number of aromatic nitrogens is 2. The SMILES string of the molecule is C=CC(=O)N1CCN(c2c(C#N)c(=O)n(C3=C(C)C=CNC3C(C)C)c3nc(-c4c(O)c(F)c(Cl)c(Cl)c4Cl)c(Cl)cc23)C[C@H]1C. The zero-order chi connectivity index (χ0) is 33.8. The number of pyridine rings is 2. The highest BCUT2D eigenvalue weighted by molar-refractivity contribution is 6.49. The fourth-order valence-corrected chi connectivity index (χ4v) is 6.98. The Morgan fingerprint density at radius 1 is 1.24 bits per heavy atom. The fraction of sp³-hybridized carbons (Fsp3) is 0.312. The summed E-state index contributed by atoms with van der Waals surface area (Å²) in [6.07, 6.45) is 4.83. The number of phenols is 1. The second-order valence-electron chi connectivity index (χ2n) is 11.5. The van der Waals surface area contributed by atoms with Crippen molar-refractivity contribution in [3.05, 3.63) is 78.4 Å². The van der Waals surface area contributed by atoms with Crippen molar-refractivity contribution < 1.29 is 14.3 Å². The van der Waals surface area contributed by atoms with Crippen molar-refractivity contribution >= 4 is 74.7 Å². The van der Waals surface area contributed by atoms with Gasteiger partial charge in [-0.15, -0.1) is 0 Å². The molecule has 2 aliphatic heterocycles. The zero-order valence-corrected chi connectivity index (χ0v) is 28.3. The fourth-order valence-electron chi connectivity index (χ4n) is 6.05. The number of anilines is 1. The molecule has 1 saturated heterocycles. The number of nitrogens with zero attached hydrogens (tertiary/aromatic N) is 5. The Kier molecular flexibility index (Phi) is 9.35. The van der Waals surface area contributed by atoms with Crippen LogP contribution < -0.4 is 15.8 Å². The summed E-state index contributed by atoms with van der Waals surface area (Å²) in [7, 11) is 0. The minimum absolute atomic E-state index is 0.00665. The van der Waals surface area contributed by atoms with E-state index in [0.29, 0.717) is 24.2 Å². The molecule has 4 heterocycles. The first-order valence-corrected chi connectivity index (χ1v) is 15.8. The smallest absolute Gasteiger partial charge is 0.276 e. The number of hydrogen-bond donors (Lipinski definition) is 2. The number of piperazine rings is 1. The summed E-state index contributed by atoms with van der Waals surface area (Å²) in [6.45, 7) is 12.1. The number of carbonyl (C=O) groups is 1. The van der Waals surface area contributed by atoms with Crippen LogP contribution in [0, 0.1) is 23.1 Å². The van der Waals surface area contributed by atoms with Crippen molar-refractivity contribution in [3.8, 4) is 23.1 Å². The third-order valence-electron chi connectivity index (χ3n) is 8.28. The van der Waals surface area contributed by atoms with Crippen molar-refractivity contribution in [1.82, 2.24) is 19.8 Å². The number of halogens is 5. The van der Waals surface area contributed by atoms with Gasteiger partial charge in [0.15, 0.2) is 11.6 Å². The van der Waals surface area contributed by atoms with E-state index in [4.69, 9.17) is 51.4 Å². The van der Waals surface area contributed by atoms with E-state index in [9.17, 15) is 24.3 Å². The lowest BCUT2D eigenvalue weighted by atomic mass is 9.94. The van der Waals surface area contributed by atoms with Gasteiger partial charge < -0.3 is 20.2 Å². The first kappa shape index (κ1) is 33.6. The number of phenolic OH excluding ortho intramolecular Hbond substituents is 1. The Labute approximate surface area is 284 Å². The van der Waals surface area contributed by atoms with Crippen molar-refractivity contribution in [3.63, 3.8) is 0 Å². The number of nitrogens with one attached hydrogen (secondary N) is 1. The lowest BCUT2D eigenvalue weighted by Gasteiger charge is -2.41. The number of nitriles is 1. The van der Waals surface area contributed by atoms with Gasteiger partial charge in [0.05, 0.1) is 43.8 Å². The standard InChI is InChI=1S/C32H29Cl4FN6O3/c1-6-20(44)42-10-9-41(13-16(42)5)29-17-11-19(33)27(21-22(34)23(35)24(36)25(37)30(21)45)40-31(17)43(32(46)18(29)12-38)28-15(4)7-8-39-26(28)14(2)3/h6-8,11,14,16,26,39,45H,1,9-10,13H2,2-5H3/t16-,26?/m1/s1.